The molecule has 3 rings (SSSR count). The molecule has 0 aromatic heterocycles. The molecule has 1 saturated heterocycles. The summed E-state index contributed by atoms with van der Waals surface area (Å²) in [5.74, 6) is 0.202. The summed E-state index contributed by atoms with van der Waals surface area (Å²) in [6, 6.07) is 8.53. The Morgan fingerprint density at radius 2 is 2.00 bits per heavy atom. The number of carbonyl (C=O) groups is 2. The molecule has 2 atom stereocenters. The Kier molecular flexibility index (Phi) is 5.54. The van der Waals surface area contributed by atoms with Crippen LogP contribution < -0.4 is 0 Å². The molecule has 1 fully saturated rings. The third-order valence-corrected chi connectivity index (χ3v) is 5.55. The molecule has 24 heavy (non-hydrogen) atoms. The normalized spacial score (nSPS) is 23.6. The van der Waals surface area contributed by atoms with Gasteiger partial charge >= 0.3 is 5.97 Å². The Balaban J connectivity index is 1.58. The number of likely N-dealkylation sites (tertiary alicyclic amines) is 1. The second-order valence-electron chi connectivity index (χ2n) is 7.27. The first-order valence-corrected chi connectivity index (χ1v) is 9.21. The molecule has 0 bridgehead atoms. The number of carbonyl (C=O) groups excluding carboxylic acids is 1. The van der Waals surface area contributed by atoms with E-state index in [2.05, 4.69) is 24.3 Å². The van der Waals surface area contributed by atoms with Gasteiger partial charge in [0.2, 0.25) is 5.91 Å². The van der Waals surface area contributed by atoms with Crippen LogP contribution in [0.1, 0.15) is 62.0 Å². The highest BCUT2D eigenvalue weighted by atomic mass is 16.4. The zero-order valence-corrected chi connectivity index (χ0v) is 14.2. The van der Waals surface area contributed by atoms with Gasteiger partial charge in [0.1, 0.15) is 0 Å². The van der Waals surface area contributed by atoms with Gasteiger partial charge in [-0.05, 0) is 61.5 Å². The quantitative estimate of drug-likeness (QED) is 0.898. The lowest BCUT2D eigenvalue weighted by Gasteiger charge is -2.34. The number of nitrogens with zero attached hydrogens (tertiary/aromatic N) is 1. The highest BCUT2D eigenvalue weighted by Gasteiger charge is 2.28. The van der Waals surface area contributed by atoms with Crippen molar-refractivity contribution < 1.29 is 14.7 Å². The Morgan fingerprint density at radius 1 is 1.17 bits per heavy atom. The lowest BCUT2D eigenvalue weighted by Crippen LogP contribution is -2.40. The van der Waals surface area contributed by atoms with Crippen molar-refractivity contribution in [3.05, 3.63) is 35.4 Å². The van der Waals surface area contributed by atoms with Crippen molar-refractivity contribution in [3.8, 4) is 0 Å². The van der Waals surface area contributed by atoms with Crippen molar-refractivity contribution in [3.63, 3.8) is 0 Å². The summed E-state index contributed by atoms with van der Waals surface area (Å²) in [7, 11) is 0. The summed E-state index contributed by atoms with van der Waals surface area (Å²) in [6.07, 6.45) is 6.93. The lowest BCUT2D eigenvalue weighted by atomic mass is 9.80. The molecule has 0 saturated carbocycles. The van der Waals surface area contributed by atoms with Gasteiger partial charge in [-0.15, -0.1) is 0 Å². The Labute approximate surface area is 143 Å². The Hall–Kier alpha value is -1.84. The first-order valence-electron chi connectivity index (χ1n) is 9.21. The van der Waals surface area contributed by atoms with Crippen LogP contribution >= 0.6 is 0 Å². The molecule has 2 aliphatic rings. The van der Waals surface area contributed by atoms with Gasteiger partial charge in [-0.1, -0.05) is 24.3 Å². The molecule has 4 nitrogen and oxygen atoms in total. The third-order valence-electron chi connectivity index (χ3n) is 5.55. The maximum atomic E-state index is 12.8. The molecule has 4 heteroatoms. The second-order valence-corrected chi connectivity index (χ2v) is 7.27. The number of carboxylic acid groups (broad SMARTS) is 1. The van der Waals surface area contributed by atoms with E-state index >= 15 is 0 Å². The molecule has 1 aromatic carbocycles. The highest BCUT2D eigenvalue weighted by Crippen LogP contribution is 2.34. The van der Waals surface area contributed by atoms with Crippen LogP contribution in [0.5, 0.6) is 0 Å². The summed E-state index contributed by atoms with van der Waals surface area (Å²) >= 11 is 0. The first-order chi connectivity index (χ1) is 11.6. The van der Waals surface area contributed by atoms with E-state index in [-0.39, 0.29) is 12.3 Å². The minimum atomic E-state index is -0.739. The van der Waals surface area contributed by atoms with Gasteiger partial charge in [0.05, 0.1) is 0 Å². The predicted octanol–water partition coefficient (Wildman–Crippen LogP) is 3.60. The molecule has 1 amide bonds. The number of hydrogen-bond acceptors (Lipinski definition) is 2. The van der Waals surface area contributed by atoms with Crippen LogP contribution in [0.4, 0.5) is 0 Å². The number of carboxylic acids is 1. The third kappa shape index (κ3) is 4.16. The van der Waals surface area contributed by atoms with Crippen LogP contribution in [0.25, 0.3) is 0 Å². The van der Waals surface area contributed by atoms with Crippen molar-refractivity contribution in [2.45, 2.75) is 57.3 Å². The van der Waals surface area contributed by atoms with Crippen molar-refractivity contribution in [2.24, 2.45) is 5.92 Å². The monoisotopic (exact) mass is 329 g/mol. The second kappa shape index (κ2) is 7.82. The van der Waals surface area contributed by atoms with Gasteiger partial charge in [0, 0.05) is 25.9 Å². The van der Waals surface area contributed by atoms with Crippen LogP contribution in [0.15, 0.2) is 24.3 Å². The van der Waals surface area contributed by atoms with Crippen molar-refractivity contribution in [2.75, 3.05) is 13.1 Å². The van der Waals surface area contributed by atoms with E-state index in [1.54, 1.807) is 0 Å². The largest absolute Gasteiger partial charge is 0.481 e. The SMILES string of the molecule is O=C(O)CCC1CCCN(C(=O)CC2CCCc3ccccc32)C1. The van der Waals surface area contributed by atoms with Gasteiger partial charge in [0.15, 0.2) is 0 Å². The van der Waals surface area contributed by atoms with Crippen LogP contribution in [-0.2, 0) is 16.0 Å². The average molecular weight is 329 g/mol. The fraction of sp³-hybridized carbons (Fsp3) is 0.600. The predicted molar refractivity (Wildman–Crippen MR) is 92.9 cm³/mol. The Bertz CT molecular complexity index is 598. The topological polar surface area (TPSA) is 57.6 Å². The molecule has 0 radical (unpaired) electrons. The standard InChI is InChI=1S/C20H27NO3/c22-19(21-12-4-5-15(14-21)10-11-20(23)24)13-17-8-3-7-16-6-1-2-9-18(16)17/h1-2,6,9,15,17H,3-5,7-8,10-14H2,(H,23,24). The van der Waals surface area contributed by atoms with Crippen LogP contribution in [0.3, 0.4) is 0 Å². The first kappa shape index (κ1) is 17.0. The van der Waals surface area contributed by atoms with E-state index in [0.717, 1.165) is 45.2 Å². The number of piperidine rings is 1. The Morgan fingerprint density at radius 3 is 2.83 bits per heavy atom. The minimum absolute atomic E-state index is 0.211. The summed E-state index contributed by atoms with van der Waals surface area (Å²) < 4.78 is 0. The van der Waals surface area contributed by atoms with E-state index in [9.17, 15) is 9.59 Å². The summed E-state index contributed by atoms with van der Waals surface area (Å²) in [4.78, 5) is 25.5. The molecule has 1 aliphatic heterocycles. The fourth-order valence-electron chi connectivity index (χ4n) is 4.26. The molecule has 2 unspecified atom stereocenters. The summed E-state index contributed by atoms with van der Waals surface area (Å²) in [5.41, 5.74) is 2.76. The lowest BCUT2D eigenvalue weighted by molar-refractivity contribution is -0.137. The molecule has 0 spiro atoms. The molecule has 1 heterocycles. The minimum Gasteiger partial charge on any atom is -0.481 e. The number of amides is 1. The average Bonchev–Trinajstić information content (AvgIpc) is 2.60. The number of aryl methyl sites for hydroxylation is 1. The van der Waals surface area contributed by atoms with Gasteiger partial charge in [-0.25, -0.2) is 0 Å². The van der Waals surface area contributed by atoms with Gasteiger partial charge in [-0.3, -0.25) is 9.59 Å². The van der Waals surface area contributed by atoms with Crippen molar-refractivity contribution >= 4 is 11.9 Å². The van der Waals surface area contributed by atoms with Crippen LogP contribution in [-0.4, -0.2) is 35.0 Å². The van der Waals surface area contributed by atoms with E-state index in [4.69, 9.17) is 5.11 Å². The summed E-state index contributed by atoms with van der Waals surface area (Å²) in [6.45, 7) is 1.57. The van der Waals surface area contributed by atoms with E-state index < -0.39 is 5.97 Å². The zero-order valence-electron chi connectivity index (χ0n) is 14.2. The number of aliphatic carboxylic acids is 1. The number of fused-ring (bicyclic) bond motifs is 1. The van der Waals surface area contributed by atoms with Crippen LogP contribution in [0, 0.1) is 5.92 Å². The van der Waals surface area contributed by atoms with Gasteiger partial charge in [0.25, 0.3) is 0 Å². The molecular weight excluding hydrogens is 302 g/mol. The number of hydrogen-bond donors (Lipinski definition) is 1. The summed E-state index contributed by atoms with van der Waals surface area (Å²) in [5, 5.41) is 8.85. The smallest absolute Gasteiger partial charge is 0.303 e. The highest BCUT2D eigenvalue weighted by molar-refractivity contribution is 5.77. The zero-order chi connectivity index (χ0) is 16.9. The molecule has 1 aromatic rings. The van der Waals surface area contributed by atoms with Gasteiger partial charge in [-0.2, -0.15) is 0 Å². The van der Waals surface area contributed by atoms with Crippen molar-refractivity contribution in [1.29, 1.82) is 0 Å². The maximum Gasteiger partial charge on any atom is 0.303 e. The van der Waals surface area contributed by atoms with E-state index in [1.165, 1.54) is 11.1 Å². The molecule has 1 aliphatic carbocycles. The van der Waals surface area contributed by atoms with Crippen LogP contribution in [0.2, 0.25) is 0 Å². The maximum absolute atomic E-state index is 12.8. The number of benzene rings is 1. The fourth-order valence-corrected chi connectivity index (χ4v) is 4.26. The van der Waals surface area contributed by atoms with E-state index in [1.807, 2.05) is 4.90 Å². The molecular formula is C20H27NO3. The number of rotatable bonds is 5. The van der Waals surface area contributed by atoms with Crippen molar-refractivity contribution in [1.82, 2.24) is 4.90 Å². The van der Waals surface area contributed by atoms with E-state index in [0.29, 0.717) is 24.7 Å². The molecule has 1 N–H and O–H groups in total. The van der Waals surface area contributed by atoms with Gasteiger partial charge < -0.3 is 10.0 Å². The molecule has 130 valence electrons.